The molecular weight excluding hydrogens is 246 g/mol. The predicted molar refractivity (Wildman–Crippen MR) is 70.1 cm³/mol. The van der Waals surface area contributed by atoms with Gasteiger partial charge < -0.3 is 19.3 Å². The van der Waals surface area contributed by atoms with Crippen molar-refractivity contribution < 1.29 is 19.3 Å². The Kier molecular flexibility index (Phi) is 5.61. The van der Waals surface area contributed by atoms with Crippen molar-refractivity contribution in [2.75, 3.05) is 14.2 Å². The average molecular weight is 265 g/mol. The number of nitrogens with zero attached hydrogens (tertiary/aromatic N) is 1. The fourth-order valence-electron chi connectivity index (χ4n) is 1.53. The maximum Gasteiger partial charge on any atom is 0.169 e. The molecule has 1 aromatic carbocycles. The largest absolute Gasteiger partial charge is 0.493 e. The van der Waals surface area contributed by atoms with Crippen molar-refractivity contribution in [2.45, 2.75) is 32.2 Å². The van der Waals surface area contributed by atoms with Crippen LogP contribution < -0.4 is 9.47 Å². The Morgan fingerprint density at radius 3 is 2.26 bits per heavy atom. The minimum absolute atomic E-state index is 0.433. The number of hydrogen-bond donors (Lipinski definition) is 1. The van der Waals surface area contributed by atoms with Crippen LogP contribution in [0.1, 0.15) is 25.5 Å². The summed E-state index contributed by atoms with van der Waals surface area (Å²) in [7, 11) is 3.08. The first kappa shape index (κ1) is 15.3. The van der Waals surface area contributed by atoms with Gasteiger partial charge in [0.15, 0.2) is 17.6 Å². The van der Waals surface area contributed by atoms with Crippen molar-refractivity contribution in [3.05, 3.63) is 23.8 Å². The summed E-state index contributed by atoms with van der Waals surface area (Å²) in [4.78, 5) is 0. The Labute approximate surface area is 113 Å². The third-order valence-corrected chi connectivity index (χ3v) is 2.86. The van der Waals surface area contributed by atoms with Crippen LogP contribution in [0.15, 0.2) is 18.2 Å². The zero-order chi connectivity index (χ0) is 14.4. The maximum atomic E-state index is 9.42. The van der Waals surface area contributed by atoms with Gasteiger partial charge in [-0.1, -0.05) is 6.07 Å². The van der Waals surface area contributed by atoms with Crippen LogP contribution in [0.25, 0.3) is 0 Å². The van der Waals surface area contributed by atoms with Gasteiger partial charge in [-0.2, -0.15) is 5.26 Å². The molecule has 0 spiro atoms. The lowest BCUT2D eigenvalue weighted by molar-refractivity contribution is -0.0426. The molecule has 0 radical (unpaired) electrons. The minimum atomic E-state index is -0.760. The summed E-state index contributed by atoms with van der Waals surface area (Å²) >= 11 is 0. The summed E-state index contributed by atoms with van der Waals surface area (Å²) in [6.07, 6.45) is -1.84. The Hall–Kier alpha value is -1.77. The summed E-state index contributed by atoms with van der Waals surface area (Å²) < 4.78 is 15.8. The van der Waals surface area contributed by atoms with Crippen molar-refractivity contribution in [2.24, 2.45) is 0 Å². The molecule has 0 bridgehead atoms. The Morgan fingerprint density at radius 1 is 1.16 bits per heavy atom. The maximum absolute atomic E-state index is 9.42. The van der Waals surface area contributed by atoms with E-state index in [-0.39, 0.29) is 0 Å². The molecule has 0 aliphatic carbocycles. The molecule has 0 aliphatic heterocycles. The lowest BCUT2D eigenvalue weighted by Gasteiger charge is -2.20. The zero-order valence-corrected chi connectivity index (χ0v) is 11.6. The van der Waals surface area contributed by atoms with Crippen LogP contribution in [-0.4, -0.2) is 31.5 Å². The van der Waals surface area contributed by atoms with Crippen LogP contribution in [0.3, 0.4) is 0 Å². The summed E-state index contributed by atoms with van der Waals surface area (Å²) in [6, 6.07) is 7.22. The van der Waals surface area contributed by atoms with Crippen LogP contribution in [0, 0.1) is 11.3 Å². The topological polar surface area (TPSA) is 71.7 Å². The first-order valence-corrected chi connectivity index (χ1v) is 5.98. The fraction of sp³-hybridized carbons (Fsp3) is 0.500. The second-order valence-corrected chi connectivity index (χ2v) is 4.21. The third kappa shape index (κ3) is 3.85. The number of aliphatic hydroxyl groups excluding tert-OH is 1. The van der Waals surface area contributed by atoms with Gasteiger partial charge in [0.1, 0.15) is 0 Å². The third-order valence-electron chi connectivity index (χ3n) is 2.86. The number of methoxy groups -OCH3 is 2. The molecule has 19 heavy (non-hydrogen) atoms. The lowest BCUT2D eigenvalue weighted by Crippen LogP contribution is -2.24. The lowest BCUT2D eigenvalue weighted by atomic mass is 10.1. The van der Waals surface area contributed by atoms with Gasteiger partial charge in [-0.3, -0.25) is 0 Å². The molecule has 0 heterocycles. The van der Waals surface area contributed by atoms with Gasteiger partial charge in [0.2, 0.25) is 0 Å². The van der Waals surface area contributed by atoms with Gasteiger partial charge >= 0.3 is 0 Å². The SMILES string of the molecule is COc1ccc(C(C#N)OC(C)C(C)O)cc1OC. The molecule has 1 N–H and O–H groups in total. The summed E-state index contributed by atoms with van der Waals surface area (Å²) in [6.45, 7) is 3.34. The van der Waals surface area contributed by atoms with Gasteiger partial charge in [0.05, 0.1) is 32.5 Å². The molecule has 5 heteroatoms. The Morgan fingerprint density at radius 2 is 1.79 bits per heavy atom. The van der Waals surface area contributed by atoms with E-state index in [2.05, 4.69) is 6.07 Å². The van der Waals surface area contributed by atoms with E-state index in [1.807, 2.05) is 0 Å². The smallest absolute Gasteiger partial charge is 0.169 e. The van der Waals surface area contributed by atoms with Gasteiger partial charge in [-0.25, -0.2) is 0 Å². The molecule has 0 aliphatic rings. The molecule has 0 amide bonds. The van der Waals surface area contributed by atoms with E-state index < -0.39 is 18.3 Å². The van der Waals surface area contributed by atoms with Crippen molar-refractivity contribution in [1.82, 2.24) is 0 Å². The summed E-state index contributed by atoms with van der Waals surface area (Å²) in [5.74, 6) is 1.13. The first-order chi connectivity index (χ1) is 9.03. The van der Waals surface area contributed by atoms with Crippen LogP contribution in [0.2, 0.25) is 0 Å². The monoisotopic (exact) mass is 265 g/mol. The normalized spacial score (nSPS) is 15.2. The van der Waals surface area contributed by atoms with Crippen LogP contribution >= 0.6 is 0 Å². The highest BCUT2D eigenvalue weighted by Crippen LogP contribution is 2.31. The van der Waals surface area contributed by atoms with E-state index >= 15 is 0 Å². The zero-order valence-electron chi connectivity index (χ0n) is 11.6. The van der Waals surface area contributed by atoms with Gasteiger partial charge in [0, 0.05) is 0 Å². The molecule has 0 saturated heterocycles. The number of ether oxygens (including phenoxy) is 3. The van der Waals surface area contributed by atoms with Crippen LogP contribution in [0.5, 0.6) is 11.5 Å². The second kappa shape index (κ2) is 6.98. The van der Waals surface area contributed by atoms with Gasteiger partial charge in [0.25, 0.3) is 0 Å². The van der Waals surface area contributed by atoms with E-state index in [1.54, 1.807) is 39.2 Å². The Balaban J connectivity index is 2.96. The number of hydrogen-bond acceptors (Lipinski definition) is 5. The number of aliphatic hydroxyl groups is 1. The van der Waals surface area contributed by atoms with E-state index in [1.165, 1.54) is 7.11 Å². The van der Waals surface area contributed by atoms with E-state index in [0.717, 1.165) is 0 Å². The number of nitriles is 1. The van der Waals surface area contributed by atoms with Gasteiger partial charge in [-0.05, 0) is 31.5 Å². The van der Waals surface area contributed by atoms with E-state index in [9.17, 15) is 10.4 Å². The molecular formula is C14H19NO4. The van der Waals surface area contributed by atoms with Crippen LogP contribution in [0.4, 0.5) is 0 Å². The molecule has 104 valence electrons. The van der Waals surface area contributed by atoms with Crippen molar-refractivity contribution in [3.63, 3.8) is 0 Å². The van der Waals surface area contributed by atoms with Crippen molar-refractivity contribution >= 4 is 0 Å². The highest BCUT2D eigenvalue weighted by molar-refractivity contribution is 5.44. The molecule has 5 nitrogen and oxygen atoms in total. The average Bonchev–Trinajstić information content (AvgIpc) is 2.43. The minimum Gasteiger partial charge on any atom is -0.493 e. The predicted octanol–water partition coefficient (Wildman–Crippen LogP) is 2.05. The quantitative estimate of drug-likeness (QED) is 0.852. The fourth-order valence-corrected chi connectivity index (χ4v) is 1.53. The standard InChI is InChI=1S/C14H19NO4/c1-9(16)10(2)19-14(8-15)11-5-6-12(17-3)13(7-11)18-4/h5-7,9-10,14,16H,1-4H3. The Bertz CT molecular complexity index is 453. The molecule has 0 aromatic heterocycles. The molecule has 0 saturated carbocycles. The van der Waals surface area contributed by atoms with E-state index in [0.29, 0.717) is 17.1 Å². The van der Waals surface area contributed by atoms with E-state index in [4.69, 9.17) is 14.2 Å². The molecule has 3 unspecified atom stereocenters. The number of rotatable bonds is 6. The first-order valence-electron chi connectivity index (χ1n) is 5.98. The second-order valence-electron chi connectivity index (χ2n) is 4.21. The highest BCUT2D eigenvalue weighted by Gasteiger charge is 2.19. The summed E-state index contributed by atoms with van der Waals surface area (Å²) in [5, 5.41) is 18.6. The molecule has 1 rings (SSSR count). The van der Waals surface area contributed by atoms with Crippen molar-refractivity contribution in [1.29, 1.82) is 5.26 Å². The molecule has 1 aromatic rings. The van der Waals surface area contributed by atoms with Crippen molar-refractivity contribution in [3.8, 4) is 17.6 Å². The van der Waals surface area contributed by atoms with Crippen LogP contribution in [-0.2, 0) is 4.74 Å². The van der Waals surface area contributed by atoms with Gasteiger partial charge in [-0.15, -0.1) is 0 Å². The highest BCUT2D eigenvalue weighted by atomic mass is 16.5. The molecule has 3 atom stereocenters. The number of benzene rings is 1. The summed E-state index contributed by atoms with van der Waals surface area (Å²) in [5.41, 5.74) is 0.660. The molecule has 0 fully saturated rings.